The van der Waals surface area contributed by atoms with Crippen molar-refractivity contribution in [1.29, 1.82) is 0 Å². The molecule has 0 saturated heterocycles. The molecule has 1 N–H and O–H groups in total. The Hall–Kier alpha value is -2.62. The number of amides is 1. The third-order valence-electron chi connectivity index (χ3n) is 4.41. The lowest BCUT2D eigenvalue weighted by atomic mass is 10.1. The second kappa shape index (κ2) is 9.92. The second-order valence-corrected chi connectivity index (χ2v) is 8.43. The number of carbonyl (C=O) groups is 2. The minimum atomic E-state index is -3.78. The molecule has 2 rings (SSSR count). The van der Waals surface area contributed by atoms with Crippen LogP contribution >= 0.6 is 11.6 Å². The van der Waals surface area contributed by atoms with E-state index in [1.165, 1.54) is 48.9 Å². The summed E-state index contributed by atoms with van der Waals surface area (Å²) in [5.41, 5.74) is 0.200. The van der Waals surface area contributed by atoms with Crippen LogP contribution in [0.5, 0.6) is 5.75 Å². The molecule has 0 atom stereocenters. The zero-order chi connectivity index (χ0) is 22.5. The summed E-state index contributed by atoms with van der Waals surface area (Å²) in [7, 11) is -1.12. The Labute approximate surface area is 180 Å². The number of hydrogen-bond acceptors (Lipinski definition) is 6. The minimum absolute atomic E-state index is 0.0449. The van der Waals surface area contributed by atoms with Crippen molar-refractivity contribution in [3.05, 3.63) is 52.5 Å². The van der Waals surface area contributed by atoms with Crippen molar-refractivity contribution in [3.63, 3.8) is 0 Å². The van der Waals surface area contributed by atoms with Crippen LogP contribution in [0.3, 0.4) is 0 Å². The van der Waals surface area contributed by atoms with Gasteiger partial charge in [-0.3, -0.25) is 4.79 Å². The van der Waals surface area contributed by atoms with Crippen LogP contribution in [0.2, 0.25) is 5.02 Å². The Kier molecular flexibility index (Phi) is 7.83. The monoisotopic (exact) mass is 454 g/mol. The van der Waals surface area contributed by atoms with Crippen LogP contribution in [0.1, 0.15) is 34.6 Å². The summed E-state index contributed by atoms with van der Waals surface area (Å²) in [6, 6.07) is 8.37. The lowest BCUT2D eigenvalue weighted by molar-refractivity contribution is 0.0601. The van der Waals surface area contributed by atoms with Crippen molar-refractivity contribution < 1.29 is 27.5 Å². The number of rotatable bonds is 8. The van der Waals surface area contributed by atoms with Gasteiger partial charge in [0.1, 0.15) is 5.75 Å². The van der Waals surface area contributed by atoms with E-state index in [0.717, 1.165) is 0 Å². The Morgan fingerprint density at radius 2 is 1.70 bits per heavy atom. The number of carbonyl (C=O) groups excluding carboxylic acids is 2. The maximum Gasteiger partial charge on any atom is 0.340 e. The highest BCUT2D eigenvalue weighted by molar-refractivity contribution is 7.89. The summed E-state index contributed by atoms with van der Waals surface area (Å²) in [6.45, 7) is 4.03. The fourth-order valence-electron chi connectivity index (χ4n) is 2.78. The molecule has 30 heavy (non-hydrogen) atoms. The largest absolute Gasteiger partial charge is 0.497 e. The van der Waals surface area contributed by atoms with E-state index < -0.39 is 21.9 Å². The summed E-state index contributed by atoms with van der Waals surface area (Å²) >= 11 is 6.15. The Bertz CT molecular complexity index is 1050. The first-order valence-corrected chi connectivity index (χ1v) is 10.9. The van der Waals surface area contributed by atoms with Gasteiger partial charge in [0.15, 0.2) is 0 Å². The summed E-state index contributed by atoms with van der Waals surface area (Å²) in [6.07, 6.45) is 0. The van der Waals surface area contributed by atoms with E-state index >= 15 is 0 Å². The molecule has 0 aliphatic carbocycles. The van der Waals surface area contributed by atoms with E-state index in [9.17, 15) is 18.0 Å². The van der Waals surface area contributed by atoms with Gasteiger partial charge in [-0.2, -0.15) is 4.31 Å². The third kappa shape index (κ3) is 4.92. The van der Waals surface area contributed by atoms with Crippen molar-refractivity contribution in [2.75, 3.05) is 32.6 Å². The molecule has 0 fully saturated rings. The molecule has 1 amide bonds. The van der Waals surface area contributed by atoms with Gasteiger partial charge >= 0.3 is 5.97 Å². The Balaban J connectivity index is 2.45. The number of nitrogens with one attached hydrogen (secondary N) is 1. The fourth-order valence-corrected chi connectivity index (χ4v) is 4.47. The van der Waals surface area contributed by atoms with Crippen LogP contribution in [0.15, 0.2) is 41.3 Å². The van der Waals surface area contributed by atoms with Crippen LogP contribution in [-0.2, 0) is 14.8 Å². The second-order valence-electron chi connectivity index (χ2n) is 6.09. The number of anilines is 1. The highest BCUT2D eigenvalue weighted by Crippen LogP contribution is 2.27. The molecule has 0 spiro atoms. The van der Waals surface area contributed by atoms with Gasteiger partial charge in [0, 0.05) is 13.1 Å². The first-order chi connectivity index (χ1) is 14.2. The van der Waals surface area contributed by atoms with Crippen molar-refractivity contribution in [2.24, 2.45) is 0 Å². The molecule has 0 bridgehead atoms. The van der Waals surface area contributed by atoms with E-state index in [-0.39, 0.29) is 39.8 Å². The maximum atomic E-state index is 12.9. The van der Waals surface area contributed by atoms with Crippen LogP contribution < -0.4 is 10.1 Å². The average Bonchev–Trinajstić information content (AvgIpc) is 2.74. The number of esters is 1. The molecule has 0 heterocycles. The maximum absolute atomic E-state index is 12.9. The standard InChI is InChI=1S/C20H23ClN2O6S/c1-5-23(6-2)30(26,27)14-8-9-17(21)15(12-14)19(24)22-18-10-7-13(28-3)11-16(18)20(25)29-4/h7-12H,5-6H2,1-4H3,(H,22,24). The predicted octanol–water partition coefficient (Wildman–Crippen LogP) is 3.42. The molecule has 0 unspecified atom stereocenters. The van der Waals surface area contributed by atoms with Gasteiger partial charge in [0.2, 0.25) is 10.0 Å². The fraction of sp³-hybridized carbons (Fsp3) is 0.300. The van der Waals surface area contributed by atoms with Gasteiger partial charge in [-0.25, -0.2) is 13.2 Å². The quantitative estimate of drug-likeness (QED) is 0.613. The molecule has 0 aromatic heterocycles. The first kappa shape index (κ1) is 23.7. The molecule has 10 heteroatoms. The van der Waals surface area contributed by atoms with E-state index in [4.69, 9.17) is 21.1 Å². The van der Waals surface area contributed by atoms with Gasteiger partial charge in [-0.1, -0.05) is 25.4 Å². The van der Waals surface area contributed by atoms with Gasteiger partial charge < -0.3 is 14.8 Å². The van der Waals surface area contributed by atoms with Crippen LogP contribution in [-0.4, -0.2) is 51.9 Å². The Morgan fingerprint density at radius 1 is 1.03 bits per heavy atom. The van der Waals surface area contributed by atoms with Crippen LogP contribution in [0.4, 0.5) is 5.69 Å². The number of benzene rings is 2. The molecule has 0 aliphatic rings. The summed E-state index contributed by atoms with van der Waals surface area (Å²) < 4.78 is 36.7. The van der Waals surface area contributed by atoms with Crippen LogP contribution in [0, 0.1) is 0 Å². The summed E-state index contributed by atoms with van der Waals surface area (Å²) in [4.78, 5) is 24.9. The smallest absolute Gasteiger partial charge is 0.340 e. The molecule has 0 aliphatic heterocycles. The number of halogens is 1. The van der Waals surface area contributed by atoms with E-state index in [2.05, 4.69) is 5.32 Å². The molecule has 0 radical (unpaired) electrons. The van der Waals surface area contributed by atoms with Crippen LogP contribution in [0.25, 0.3) is 0 Å². The molecule has 0 saturated carbocycles. The predicted molar refractivity (Wildman–Crippen MR) is 114 cm³/mol. The van der Waals surface area contributed by atoms with Gasteiger partial charge in [-0.15, -0.1) is 0 Å². The lowest BCUT2D eigenvalue weighted by Crippen LogP contribution is -2.30. The van der Waals surface area contributed by atoms with Crippen molar-refractivity contribution in [3.8, 4) is 5.75 Å². The zero-order valence-corrected chi connectivity index (χ0v) is 18.6. The van der Waals surface area contributed by atoms with E-state index in [1.807, 2.05) is 0 Å². The topological polar surface area (TPSA) is 102 Å². The minimum Gasteiger partial charge on any atom is -0.497 e. The highest BCUT2D eigenvalue weighted by Gasteiger charge is 2.24. The highest BCUT2D eigenvalue weighted by atomic mass is 35.5. The molecule has 2 aromatic rings. The van der Waals surface area contributed by atoms with Crippen molar-refractivity contribution in [2.45, 2.75) is 18.7 Å². The van der Waals surface area contributed by atoms with Crippen molar-refractivity contribution >= 4 is 39.2 Å². The number of sulfonamides is 1. The molecule has 8 nitrogen and oxygen atoms in total. The zero-order valence-electron chi connectivity index (χ0n) is 17.1. The van der Waals surface area contributed by atoms with Gasteiger partial charge in [0.05, 0.1) is 41.0 Å². The SMILES string of the molecule is CCN(CC)S(=O)(=O)c1ccc(Cl)c(C(=O)Nc2ccc(OC)cc2C(=O)OC)c1. The number of nitrogens with zero attached hydrogens (tertiary/aromatic N) is 1. The third-order valence-corrected chi connectivity index (χ3v) is 6.78. The lowest BCUT2D eigenvalue weighted by Gasteiger charge is -2.19. The first-order valence-electron chi connectivity index (χ1n) is 9.06. The number of hydrogen-bond donors (Lipinski definition) is 1. The summed E-state index contributed by atoms with van der Waals surface area (Å²) in [5, 5.41) is 2.65. The van der Waals surface area contributed by atoms with Crippen molar-refractivity contribution in [1.82, 2.24) is 4.31 Å². The van der Waals surface area contributed by atoms with E-state index in [1.54, 1.807) is 19.9 Å². The molecular formula is C20H23ClN2O6S. The molecule has 162 valence electrons. The number of methoxy groups -OCH3 is 2. The van der Waals surface area contributed by atoms with E-state index in [0.29, 0.717) is 5.75 Å². The average molecular weight is 455 g/mol. The summed E-state index contributed by atoms with van der Waals surface area (Å²) in [5.74, 6) is -0.946. The molecular weight excluding hydrogens is 432 g/mol. The normalized spacial score (nSPS) is 11.3. The number of ether oxygens (including phenoxy) is 2. The Morgan fingerprint density at radius 3 is 2.27 bits per heavy atom. The van der Waals surface area contributed by atoms with Gasteiger partial charge in [0.25, 0.3) is 5.91 Å². The molecule has 2 aromatic carbocycles. The van der Waals surface area contributed by atoms with Gasteiger partial charge in [-0.05, 0) is 36.4 Å².